The molecule has 0 fully saturated rings. The molecule has 0 saturated heterocycles. The van der Waals surface area contributed by atoms with E-state index < -0.39 is 10.0 Å². The molecule has 0 bridgehead atoms. The third-order valence-corrected chi connectivity index (χ3v) is 7.31. The number of carbonyl (C=O) groups excluding carboxylic acids is 1. The Morgan fingerprint density at radius 1 is 1.00 bits per heavy atom. The summed E-state index contributed by atoms with van der Waals surface area (Å²) in [6.45, 7) is 1.03. The molecule has 2 heterocycles. The molecule has 0 radical (unpaired) electrons. The molecule has 2 aromatic carbocycles. The lowest BCUT2D eigenvalue weighted by atomic mass is 10.1. The van der Waals surface area contributed by atoms with Crippen molar-refractivity contribution in [2.75, 3.05) is 6.54 Å². The highest BCUT2D eigenvalue weighted by molar-refractivity contribution is 7.89. The van der Waals surface area contributed by atoms with Crippen LogP contribution in [0.4, 0.5) is 0 Å². The van der Waals surface area contributed by atoms with Gasteiger partial charge in [-0.05, 0) is 46.7 Å². The van der Waals surface area contributed by atoms with E-state index in [9.17, 15) is 8.42 Å². The van der Waals surface area contributed by atoms with Crippen molar-refractivity contribution in [3.8, 4) is 11.1 Å². The van der Waals surface area contributed by atoms with Gasteiger partial charge < -0.3 is 0 Å². The Balaban J connectivity index is 0.000000516. The second kappa shape index (κ2) is 9.11. The molecular weight excluding hydrogens is 396 g/mol. The van der Waals surface area contributed by atoms with Crippen LogP contribution in [0, 0.1) is 0 Å². The second-order valence-electron chi connectivity index (χ2n) is 6.09. The average Bonchev–Trinajstić information content (AvgIpc) is 3.22. The normalized spacial score (nSPS) is 13.8. The monoisotopic (exact) mass is 416 g/mol. The first-order chi connectivity index (χ1) is 13.6. The molecule has 2 N–H and O–H groups in total. The number of carbonyl (C=O) groups is 1. The SMILES string of the molecule is O=CNO.O=S(=O)(c1ccc(-c2ccccc2)cc1)N1CCc2sccc2C1. The molecule has 146 valence electrons. The summed E-state index contributed by atoms with van der Waals surface area (Å²) in [5, 5.41) is 9.29. The molecule has 0 unspecified atom stereocenters. The average molecular weight is 417 g/mol. The van der Waals surface area contributed by atoms with Crippen LogP contribution in [0.1, 0.15) is 10.4 Å². The molecule has 0 spiro atoms. The van der Waals surface area contributed by atoms with E-state index in [1.807, 2.05) is 53.9 Å². The third kappa shape index (κ3) is 4.48. The summed E-state index contributed by atoms with van der Waals surface area (Å²) in [7, 11) is -3.44. The molecule has 0 aliphatic carbocycles. The van der Waals surface area contributed by atoms with Gasteiger partial charge in [0.2, 0.25) is 16.4 Å². The van der Waals surface area contributed by atoms with Gasteiger partial charge in [0, 0.05) is 18.0 Å². The zero-order valence-corrected chi connectivity index (χ0v) is 16.6. The van der Waals surface area contributed by atoms with Crippen molar-refractivity contribution in [1.82, 2.24) is 9.79 Å². The Bertz CT molecular complexity index is 1020. The van der Waals surface area contributed by atoms with E-state index in [1.54, 1.807) is 27.8 Å². The zero-order valence-electron chi connectivity index (χ0n) is 15.0. The van der Waals surface area contributed by atoms with Gasteiger partial charge >= 0.3 is 0 Å². The molecule has 1 aliphatic heterocycles. The lowest BCUT2D eigenvalue weighted by Crippen LogP contribution is -2.35. The van der Waals surface area contributed by atoms with Crippen molar-refractivity contribution in [3.05, 3.63) is 76.5 Å². The van der Waals surface area contributed by atoms with Crippen LogP contribution >= 0.6 is 11.3 Å². The Labute approximate surface area is 168 Å². The van der Waals surface area contributed by atoms with Crippen LogP contribution in [0.5, 0.6) is 0 Å². The lowest BCUT2D eigenvalue weighted by Gasteiger charge is -2.26. The molecule has 1 aromatic heterocycles. The molecule has 6 nitrogen and oxygen atoms in total. The largest absolute Gasteiger partial charge is 0.289 e. The van der Waals surface area contributed by atoms with Gasteiger partial charge in [0.25, 0.3) is 0 Å². The molecule has 4 rings (SSSR count). The minimum atomic E-state index is -3.44. The highest BCUT2D eigenvalue weighted by Gasteiger charge is 2.28. The highest BCUT2D eigenvalue weighted by atomic mass is 32.2. The van der Waals surface area contributed by atoms with E-state index in [-0.39, 0.29) is 6.41 Å². The maximum Gasteiger partial charge on any atom is 0.243 e. The van der Waals surface area contributed by atoms with Gasteiger partial charge in [0.05, 0.1) is 4.90 Å². The fourth-order valence-corrected chi connectivity index (χ4v) is 5.34. The van der Waals surface area contributed by atoms with E-state index in [0.717, 1.165) is 23.1 Å². The molecule has 8 heteroatoms. The minimum absolute atomic E-state index is 0.181. The van der Waals surface area contributed by atoms with Gasteiger partial charge in [-0.2, -0.15) is 4.31 Å². The predicted molar refractivity (Wildman–Crippen MR) is 108 cm³/mol. The first-order valence-electron chi connectivity index (χ1n) is 8.60. The maximum absolute atomic E-state index is 12.9. The summed E-state index contributed by atoms with van der Waals surface area (Å²) in [4.78, 5) is 10.5. The summed E-state index contributed by atoms with van der Waals surface area (Å²) in [5.41, 5.74) is 4.49. The number of rotatable bonds is 4. The number of hydrogen-bond donors (Lipinski definition) is 2. The van der Waals surface area contributed by atoms with Crippen LogP contribution in [-0.4, -0.2) is 30.9 Å². The fraction of sp³-hybridized carbons (Fsp3) is 0.150. The molecule has 3 aromatic rings. The molecule has 28 heavy (non-hydrogen) atoms. The quantitative estimate of drug-likeness (QED) is 0.388. The number of fused-ring (bicyclic) bond motifs is 1. The van der Waals surface area contributed by atoms with Crippen LogP contribution in [0.15, 0.2) is 70.9 Å². The fourth-order valence-electron chi connectivity index (χ4n) is 3.03. The van der Waals surface area contributed by atoms with Crippen LogP contribution in [-0.2, 0) is 27.8 Å². The standard InChI is InChI=1S/C19H17NO2S2.CH3NO2/c21-24(22,20-12-10-19-17(14-20)11-13-23-19)18-8-6-16(7-9-18)15-4-2-1-3-5-15;3-1-2-4/h1-9,11,13H,10,12,14H2;1,4H,(H,2,3). The topological polar surface area (TPSA) is 86.7 Å². The van der Waals surface area contributed by atoms with Crippen molar-refractivity contribution < 1.29 is 18.4 Å². The van der Waals surface area contributed by atoms with E-state index in [4.69, 9.17) is 10.0 Å². The molecule has 0 atom stereocenters. The Morgan fingerprint density at radius 2 is 1.64 bits per heavy atom. The summed E-state index contributed by atoms with van der Waals surface area (Å²) in [6.07, 6.45) is 0.980. The highest BCUT2D eigenvalue weighted by Crippen LogP contribution is 2.29. The van der Waals surface area contributed by atoms with Gasteiger partial charge in [0.15, 0.2) is 0 Å². The van der Waals surface area contributed by atoms with Crippen molar-refractivity contribution in [3.63, 3.8) is 0 Å². The summed E-state index contributed by atoms with van der Waals surface area (Å²) in [5.74, 6) is 0. The number of nitrogens with zero attached hydrogens (tertiary/aromatic N) is 1. The Morgan fingerprint density at radius 3 is 2.29 bits per heavy atom. The second-order valence-corrected chi connectivity index (χ2v) is 9.03. The summed E-state index contributed by atoms with van der Waals surface area (Å²) < 4.78 is 27.4. The van der Waals surface area contributed by atoms with Gasteiger partial charge in [-0.3, -0.25) is 10.0 Å². The van der Waals surface area contributed by atoms with Crippen LogP contribution in [0.3, 0.4) is 0 Å². The minimum Gasteiger partial charge on any atom is -0.289 e. The first-order valence-corrected chi connectivity index (χ1v) is 10.9. The number of hydroxylamine groups is 1. The van der Waals surface area contributed by atoms with Crippen LogP contribution in [0.25, 0.3) is 11.1 Å². The number of hydrogen-bond acceptors (Lipinski definition) is 5. The molecule has 1 amide bonds. The zero-order chi connectivity index (χ0) is 20.0. The van der Waals surface area contributed by atoms with E-state index in [2.05, 4.69) is 0 Å². The van der Waals surface area contributed by atoms with Crippen molar-refractivity contribution in [1.29, 1.82) is 0 Å². The summed E-state index contributed by atoms with van der Waals surface area (Å²) in [6, 6.07) is 19.2. The molecule has 1 aliphatic rings. The van der Waals surface area contributed by atoms with E-state index >= 15 is 0 Å². The maximum atomic E-state index is 12.9. The third-order valence-electron chi connectivity index (χ3n) is 4.42. The number of amides is 1. The first kappa shape index (κ1) is 20.2. The van der Waals surface area contributed by atoms with Gasteiger partial charge in [-0.1, -0.05) is 42.5 Å². The Kier molecular flexibility index (Phi) is 6.58. The number of thiophene rings is 1. The number of sulfonamides is 1. The van der Waals surface area contributed by atoms with Crippen LogP contribution < -0.4 is 5.48 Å². The molecular formula is C20H20N2O4S2. The van der Waals surface area contributed by atoms with Crippen molar-refractivity contribution >= 4 is 27.8 Å². The van der Waals surface area contributed by atoms with E-state index in [1.165, 1.54) is 10.4 Å². The smallest absolute Gasteiger partial charge is 0.243 e. The van der Waals surface area contributed by atoms with Gasteiger partial charge in [-0.15, -0.1) is 11.3 Å². The van der Waals surface area contributed by atoms with Crippen molar-refractivity contribution in [2.24, 2.45) is 0 Å². The lowest BCUT2D eigenvalue weighted by molar-refractivity contribution is -0.116. The Hall–Kier alpha value is -2.52. The molecule has 0 saturated carbocycles. The van der Waals surface area contributed by atoms with Gasteiger partial charge in [0.1, 0.15) is 0 Å². The van der Waals surface area contributed by atoms with Gasteiger partial charge in [-0.25, -0.2) is 13.9 Å². The number of nitrogens with one attached hydrogen (secondary N) is 1. The number of benzene rings is 2. The van der Waals surface area contributed by atoms with Crippen molar-refractivity contribution in [2.45, 2.75) is 17.9 Å². The predicted octanol–water partition coefficient (Wildman–Crippen LogP) is 3.28. The van der Waals surface area contributed by atoms with E-state index in [0.29, 0.717) is 18.0 Å². The summed E-state index contributed by atoms with van der Waals surface area (Å²) >= 11 is 1.71. The van der Waals surface area contributed by atoms with Crippen LogP contribution in [0.2, 0.25) is 0 Å².